The third-order valence-electron chi connectivity index (χ3n) is 5.70. The molecule has 0 saturated carbocycles. The molecule has 6 rings (SSSR count). The van der Waals surface area contributed by atoms with Gasteiger partial charge in [0.25, 0.3) is 0 Å². The van der Waals surface area contributed by atoms with Crippen LogP contribution in [0.25, 0.3) is 21.9 Å². The van der Waals surface area contributed by atoms with E-state index in [0.29, 0.717) is 0 Å². The fraction of sp³-hybridized carbons (Fsp3) is 0.0385. The van der Waals surface area contributed by atoms with Crippen molar-refractivity contribution in [3.8, 4) is 0 Å². The molecule has 3 heterocycles. The minimum absolute atomic E-state index is 0.825. The van der Waals surface area contributed by atoms with Gasteiger partial charge in [0.1, 0.15) is 5.58 Å². The number of fused-ring (bicyclic) bond motifs is 4. The highest BCUT2D eigenvalue weighted by atomic mass is 16.3. The van der Waals surface area contributed by atoms with Gasteiger partial charge < -0.3 is 9.32 Å². The summed E-state index contributed by atoms with van der Waals surface area (Å²) in [5.41, 5.74) is 5.87. The van der Waals surface area contributed by atoms with E-state index in [1.165, 1.54) is 0 Å². The summed E-state index contributed by atoms with van der Waals surface area (Å²) in [5.74, 6) is 0.849. The van der Waals surface area contributed by atoms with Crippen molar-refractivity contribution in [3.63, 3.8) is 0 Å². The van der Waals surface area contributed by atoms with E-state index in [2.05, 4.69) is 60.0 Å². The van der Waals surface area contributed by atoms with Gasteiger partial charge in [0.15, 0.2) is 17.6 Å². The number of rotatable bonds is 2. The number of benzene rings is 3. The van der Waals surface area contributed by atoms with Crippen molar-refractivity contribution >= 4 is 44.8 Å². The van der Waals surface area contributed by atoms with Crippen molar-refractivity contribution in [2.45, 2.75) is 6.92 Å². The molecule has 30 heavy (non-hydrogen) atoms. The van der Waals surface area contributed by atoms with E-state index in [1.54, 1.807) is 0 Å². The molecule has 144 valence electrons. The molecule has 4 nitrogen and oxygen atoms in total. The topological polar surface area (TPSA) is 32.5 Å². The van der Waals surface area contributed by atoms with Gasteiger partial charge in [0, 0.05) is 22.7 Å². The fourth-order valence-corrected chi connectivity index (χ4v) is 4.35. The zero-order valence-corrected chi connectivity index (χ0v) is 16.5. The smallest absolute Gasteiger partial charge is 0.167 e. The molecular weight excluding hydrogens is 370 g/mol. The van der Waals surface area contributed by atoms with Gasteiger partial charge >= 0.3 is 0 Å². The Morgan fingerprint density at radius 1 is 0.800 bits per heavy atom. The van der Waals surface area contributed by atoms with Crippen LogP contribution in [0.15, 0.2) is 89.5 Å². The zero-order chi connectivity index (χ0) is 20.2. The highest BCUT2D eigenvalue weighted by Crippen LogP contribution is 2.52. The number of pyridine rings is 1. The Morgan fingerprint density at radius 3 is 2.47 bits per heavy atom. The average Bonchev–Trinajstić information content (AvgIpc) is 3.29. The number of anilines is 4. The van der Waals surface area contributed by atoms with E-state index < -0.39 is 0 Å². The standard InChI is InChI=1S/C26H19N3O/c1-17-14-15-21-20-11-6-7-13-23(20)30-25(21)24(17)29-18(2)28(19-9-4-3-5-10-19)22-12-8-16-27-26(22)29/h3-16H,2H2,1H3. The second-order valence-corrected chi connectivity index (χ2v) is 7.47. The number of hydrogen-bond acceptors (Lipinski definition) is 4. The van der Waals surface area contributed by atoms with Crippen LogP contribution < -0.4 is 9.80 Å². The Bertz CT molecular complexity index is 1390. The molecule has 1 aliphatic heterocycles. The molecule has 0 spiro atoms. The quantitative estimate of drug-likeness (QED) is 0.329. The molecule has 3 aromatic carbocycles. The minimum Gasteiger partial charge on any atom is -0.454 e. The van der Waals surface area contributed by atoms with Crippen LogP contribution in [0.3, 0.4) is 0 Å². The van der Waals surface area contributed by atoms with Gasteiger partial charge in [-0.1, -0.05) is 48.5 Å². The van der Waals surface area contributed by atoms with Crippen molar-refractivity contribution < 1.29 is 4.42 Å². The minimum atomic E-state index is 0.825. The summed E-state index contributed by atoms with van der Waals surface area (Å²) in [6.07, 6.45) is 2.65. The fourth-order valence-electron chi connectivity index (χ4n) is 4.35. The maximum Gasteiger partial charge on any atom is 0.167 e. The van der Waals surface area contributed by atoms with Gasteiger partial charge in [-0.05, 0) is 49.7 Å². The zero-order valence-electron chi connectivity index (χ0n) is 16.5. The molecule has 0 atom stereocenters. The number of para-hydroxylation sites is 2. The van der Waals surface area contributed by atoms with E-state index >= 15 is 0 Å². The molecule has 0 amide bonds. The first-order valence-electron chi connectivity index (χ1n) is 9.94. The third kappa shape index (κ3) is 2.31. The van der Waals surface area contributed by atoms with E-state index in [1.807, 2.05) is 48.7 Å². The maximum absolute atomic E-state index is 6.35. The van der Waals surface area contributed by atoms with Crippen LogP contribution in [0.4, 0.5) is 22.9 Å². The molecule has 1 aliphatic rings. The summed E-state index contributed by atoms with van der Waals surface area (Å²) in [6.45, 7) is 6.56. The maximum atomic E-state index is 6.35. The summed E-state index contributed by atoms with van der Waals surface area (Å²) < 4.78 is 6.35. The van der Waals surface area contributed by atoms with Crippen LogP contribution in [0.5, 0.6) is 0 Å². The largest absolute Gasteiger partial charge is 0.454 e. The van der Waals surface area contributed by atoms with Gasteiger partial charge in [-0.2, -0.15) is 0 Å². The second-order valence-electron chi connectivity index (χ2n) is 7.47. The number of nitrogens with zero attached hydrogens (tertiary/aromatic N) is 3. The molecule has 0 bridgehead atoms. The molecule has 2 radical (unpaired) electrons. The van der Waals surface area contributed by atoms with E-state index in [-0.39, 0.29) is 0 Å². The second kappa shape index (κ2) is 6.36. The average molecular weight is 389 g/mol. The van der Waals surface area contributed by atoms with E-state index in [0.717, 1.165) is 56.5 Å². The molecule has 2 aromatic heterocycles. The van der Waals surface area contributed by atoms with Crippen molar-refractivity contribution in [2.24, 2.45) is 0 Å². The summed E-state index contributed by atoms with van der Waals surface area (Å²) in [6, 6.07) is 26.7. The lowest BCUT2D eigenvalue weighted by molar-refractivity contribution is 0.667. The molecule has 0 fully saturated rings. The SMILES string of the molecule is [CH2][C]1N(c2ccccc2)c2cccnc2N1c1c(C)ccc2c1oc1ccccc12. The number of hydrogen-bond donors (Lipinski definition) is 0. The van der Waals surface area contributed by atoms with Crippen LogP contribution in [0, 0.1) is 20.0 Å². The van der Waals surface area contributed by atoms with Crippen LogP contribution in [0.2, 0.25) is 0 Å². The van der Waals surface area contributed by atoms with Crippen molar-refractivity contribution in [1.29, 1.82) is 0 Å². The third-order valence-corrected chi connectivity index (χ3v) is 5.70. The number of aryl methyl sites for hydroxylation is 1. The summed E-state index contributed by atoms with van der Waals surface area (Å²) in [4.78, 5) is 8.98. The van der Waals surface area contributed by atoms with Crippen molar-refractivity contribution in [1.82, 2.24) is 4.98 Å². The molecular formula is C26H19N3O. The van der Waals surface area contributed by atoms with E-state index in [4.69, 9.17) is 9.40 Å². The van der Waals surface area contributed by atoms with Crippen LogP contribution in [-0.2, 0) is 0 Å². The van der Waals surface area contributed by atoms with Crippen molar-refractivity contribution in [3.05, 3.63) is 104 Å². The lowest BCUT2D eigenvalue weighted by Gasteiger charge is -2.29. The molecule has 5 aromatic rings. The van der Waals surface area contributed by atoms with Gasteiger partial charge in [-0.25, -0.2) is 4.98 Å². The van der Waals surface area contributed by atoms with Crippen LogP contribution in [-0.4, -0.2) is 4.98 Å². The molecule has 0 saturated heterocycles. The first kappa shape index (κ1) is 17.1. The van der Waals surface area contributed by atoms with Gasteiger partial charge in [-0.3, -0.25) is 4.90 Å². The summed E-state index contributed by atoms with van der Waals surface area (Å²) in [7, 11) is 0. The van der Waals surface area contributed by atoms with Gasteiger partial charge in [0.2, 0.25) is 0 Å². The number of furan rings is 1. The Morgan fingerprint density at radius 2 is 1.60 bits per heavy atom. The lowest BCUT2D eigenvalue weighted by Crippen LogP contribution is -2.28. The Hall–Kier alpha value is -3.79. The first-order chi connectivity index (χ1) is 14.7. The van der Waals surface area contributed by atoms with Gasteiger partial charge in [-0.15, -0.1) is 0 Å². The lowest BCUT2D eigenvalue weighted by atomic mass is 10.1. The van der Waals surface area contributed by atoms with Gasteiger partial charge in [0.05, 0.1) is 11.4 Å². The normalized spacial score (nSPS) is 14.1. The Balaban J connectivity index is 1.63. The van der Waals surface area contributed by atoms with E-state index in [9.17, 15) is 0 Å². The molecule has 0 aliphatic carbocycles. The monoisotopic (exact) mass is 389 g/mol. The first-order valence-corrected chi connectivity index (χ1v) is 9.94. The highest BCUT2D eigenvalue weighted by Gasteiger charge is 2.39. The summed E-state index contributed by atoms with van der Waals surface area (Å²) >= 11 is 0. The number of aromatic nitrogens is 1. The van der Waals surface area contributed by atoms with Crippen LogP contribution >= 0.6 is 0 Å². The Kier molecular flexibility index (Phi) is 3.62. The van der Waals surface area contributed by atoms with Crippen LogP contribution in [0.1, 0.15) is 5.56 Å². The molecule has 0 N–H and O–H groups in total. The van der Waals surface area contributed by atoms with Crippen molar-refractivity contribution in [2.75, 3.05) is 9.80 Å². The predicted octanol–water partition coefficient (Wildman–Crippen LogP) is 6.90. The molecule has 4 heteroatoms. The predicted molar refractivity (Wildman–Crippen MR) is 122 cm³/mol. The highest BCUT2D eigenvalue weighted by molar-refractivity contribution is 6.11. The molecule has 0 unspecified atom stereocenters. The summed E-state index contributed by atoms with van der Waals surface area (Å²) in [5, 5.41) is 2.20. The Labute approximate surface area is 175 Å².